The lowest BCUT2D eigenvalue weighted by Crippen LogP contribution is -2.33. The van der Waals surface area contributed by atoms with E-state index >= 15 is 0 Å². The van der Waals surface area contributed by atoms with Gasteiger partial charge in [0, 0.05) is 7.11 Å². The number of aliphatic carboxylic acids is 1. The van der Waals surface area contributed by atoms with Crippen LogP contribution in [0.1, 0.15) is 12.8 Å². The van der Waals surface area contributed by atoms with Crippen LogP contribution in [-0.2, 0) is 9.53 Å². The van der Waals surface area contributed by atoms with Gasteiger partial charge in [-0.15, -0.1) is 0 Å². The number of methoxy groups -OCH3 is 1. The van der Waals surface area contributed by atoms with Crippen LogP contribution >= 0.6 is 11.8 Å². The second-order valence-corrected chi connectivity index (χ2v) is 4.17. The van der Waals surface area contributed by atoms with Gasteiger partial charge in [0.15, 0.2) is 6.10 Å². The van der Waals surface area contributed by atoms with Crippen molar-refractivity contribution in [1.82, 2.24) is 0 Å². The fourth-order valence-electron chi connectivity index (χ4n) is 1.51. The third-order valence-corrected chi connectivity index (χ3v) is 3.24. The first-order chi connectivity index (χ1) is 5.75. The Balaban J connectivity index is 2.46. The molecule has 0 aromatic heterocycles. The molecule has 0 spiro atoms. The Morgan fingerprint density at radius 2 is 2.17 bits per heavy atom. The Morgan fingerprint density at radius 1 is 1.58 bits per heavy atom. The molecule has 3 nitrogen and oxygen atoms in total. The maximum Gasteiger partial charge on any atom is 0.333 e. The normalized spacial score (nSPS) is 22.1. The Bertz CT molecular complexity index is 154. The number of thioether (sulfide) groups is 1. The van der Waals surface area contributed by atoms with Crippen molar-refractivity contribution in [3.63, 3.8) is 0 Å². The molecule has 0 aliphatic carbocycles. The first-order valence-corrected chi connectivity index (χ1v) is 5.24. The number of carboxylic acid groups (broad SMARTS) is 1. The number of rotatable bonds is 3. The van der Waals surface area contributed by atoms with Crippen LogP contribution in [0.4, 0.5) is 0 Å². The number of hydrogen-bond acceptors (Lipinski definition) is 3. The van der Waals surface area contributed by atoms with Gasteiger partial charge in [-0.2, -0.15) is 11.8 Å². The van der Waals surface area contributed by atoms with E-state index in [1.807, 2.05) is 11.8 Å². The van der Waals surface area contributed by atoms with Crippen molar-refractivity contribution < 1.29 is 14.6 Å². The van der Waals surface area contributed by atoms with Crippen molar-refractivity contribution in [2.24, 2.45) is 5.92 Å². The minimum atomic E-state index is -0.825. The molecule has 12 heavy (non-hydrogen) atoms. The maximum absolute atomic E-state index is 10.7. The number of hydrogen-bond donors (Lipinski definition) is 1. The molecule has 70 valence electrons. The summed E-state index contributed by atoms with van der Waals surface area (Å²) in [7, 11) is 1.47. The lowest BCUT2D eigenvalue weighted by molar-refractivity contribution is -0.152. The molecular formula is C8H14O3S. The first kappa shape index (κ1) is 9.86. The van der Waals surface area contributed by atoms with Crippen LogP contribution in [0, 0.1) is 5.92 Å². The first-order valence-electron chi connectivity index (χ1n) is 4.09. The summed E-state index contributed by atoms with van der Waals surface area (Å²) in [4.78, 5) is 10.7. The van der Waals surface area contributed by atoms with Gasteiger partial charge in [-0.1, -0.05) is 0 Å². The van der Waals surface area contributed by atoms with Crippen LogP contribution in [0.25, 0.3) is 0 Å². The average Bonchev–Trinajstić information content (AvgIpc) is 2.07. The summed E-state index contributed by atoms with van der Waals surface area (Å²) < 4.78 is 4.94. The molecule has 1 aliphatic rings. The van der Waals surface area contributed by atoms with Gasteiger partial charge in [0.2, 0.25) is 0 Å². The molecule has 0 amide bonds. The van der Waals surface area contributed by atoms with Crippen molar-refractivity contribution in [2.75, 3.05) is 18.6 Å². The third kappa shape index (κ3) is 2.38. The molecule has 0 saturated carbocycles. The molecule has 0 aromatic rings. The van der Waals surface area contributed by atoms with Gasteiger partial charge in [-0.25, -0.2) is 4.79 Å². The highest BCUT2D eigenvalue weighted by Crippen LogP contribution is 2.26. The van der Waals surface area contributed by atoms with E-state index in [9.17, 15) is 4.79 Å². The van der Waals surface area contributed by atoms with Crippen molar-refractivity contribution >= 4 is 17.7 Å². The lowest BCUT2D eigenvalue weighted by atomic mass is 9.96. The minimum Gasteiger partial charge on any atom is -0.479 e. The van der Waals surface area contributed by atoms with Crippen molar-refractivity contribution in [3.05, 3.63) is 0 Å². The third-order valence-electron chi connectivity index (χ3n) is 2.19. The van der Waals surface area contributed by atoms with Gasteiger partial charge in [-0.3, -0.25) is 0 Å². The molecular weight excluding hydrogens is 176 g/mol. The monoisotopic (exact) mass is 190 g/mol. The van der Waals surface area contributed by atoms with E-state index in [0.717, 1.165) is 24.3 Å². The molecule has 1 fully saturated rings. The van der Waals surface area contributed by atoms with Gasteiger partial charge in [0.1, 0.15) is 0 Å². The highest BCUT2D eigenvalue weighted by atomic mass is 32.2. The molecule has 1 unspecified atom stereocenters. The van der Waals surface area contributed by atoms with Gasteiger partial charge in [-0.05, 0) is 30.3 Å². The summed E-state index contributed by atoms with van der Waals surface area (Å²) >= 11 is 1.89. The molecule has 1 rings (SSSR count). The van der Waals surface area contributed by atoms with E-state index in [4.69, 9.17) is 9.84 Å². The second kappa shape index (κ2) is 4.72. The molecule has 0 radical (unpaired) electrons. The van der Waals surface area contributed by atoms with E-state index < -0.39 is 12.1 Å². The standard InChI is InChI=1S/C8H14O3S/c1-11-7(8(9)10)6-2-4-12-5-3-6/h6-7H,2-5H2,1H3,(H,9,10). The zero-order chi connectivity index (χ0) is 8.97. The molecule has 0 aromatic carbocycles. The largest absolute Gasteiger partial charge is 0.479 e. The Kier molecular flexibility index (Phi) is 3.88. The van der Waals surface area contributed by atoms with E-state index in [-0.39, 0.29) is 5.92 Å². The Hall–Kier alpha value is -0.220. The molecule has 1 aliphatic heterocycles. The van der Waals surface area contributed by atoms with Crippen LogP contribution in [0.3, 0.4) is 0 Å². The van der Waals surface area contributed by atoms with E-state index in [0.29, 0.717) is 0 Å². The molecule has 1 atom stereocenters. The minimum absolute atomic E-state index is 0.216. The zero-order valence-electron chi connectivity index (χ0n) is 7.16. The van der Waals surface area contributed by atoms with E-state index in [2.05, 4.69) is 0 Å². The number of ether oxygens (including phenoxy) is 1. The predicted octanol–water partition coefficient (Wildman–Crippen LogP) is 1.23. The van der Waals surface area contributed by atoms with Crippen molar-refractivity contribution in [1.29, 1.82) is 0 Å². The highest BCUT2D eigenvalue weighted by Gasteiger charge is 2.28. The lowest BCUT2D eigenvalue weighted by Gasteiger charge is -2.25. The maximum atomic E-state index is 10.7. The molecule has 0 bridgehead atoms. The summed E-state index contributed by atoms with van der Waals surface area (Å²) in [6.45, 7) is 0. The molecule has 1 saturated heterocycles. The zero-order valence-corrected chi connectivity index (χ0v) is 7.97. The van der Waals surface area contributed by atoms with Crippen LogP contribution < -0.4 is 0 Å². The van der Waals surface area contributed by atoms with Gasteiger partial charge in [0.05, 0.1) is 0 Å². The smallest absolute Gasteiger partial charge is 0.333 e. The predicted molar refractivity (Wildman–Crippen MR) is 48.5 cm³/mol. The van der Waals surface area contributed by atoms with Crippen molar-refractivity contribution in [3.8, 4) is 0 Å². The Morgan fingerprint density at radius 3 is 2.58 bits per heavy atom. The molecule has 1 heterocycles. The second-order valence-electron chi connectivity index (χ2n) is 2.94. The molecule has 1 N–H and O–H groups in total. The van der Waals surface area contributed by atoms with Gasteiger partial charge in [0.25, 0.3) is 0 Å². The fraction of sp³-hybridized carbons (Fsp3) is 0.875. The Labute approximate surface area is 76.5 Å². The summed E-state index contributed by atoms with van der Waals surface area (Å²) in [6, 6.07) is 0. The summed E-state index contributed by atoms with van der Waals surface area (Å²) in [5.74, 6) is 1.53. The van der Waals surface area contributed by atoms with Crippen LogP contribution in [-0.4, -0.2) is 35.8 Å². The highest BCUT2D eigenvalue weighted by molar-refractivity contribution is 7.99. The topological polar surface area (TPSA) is 46.5 Å². The number of carbonyl (C=O) groups is 1. The van der Waals surface area contributed by atoms with Gasteiger partial charge < -0.3 is 9.84 Å². The van der Waals surface area contributed by atoms with Crippen LogP contribution in [0.2, 0.25) is 0 Å². The summed E-state index contributed by atoms with van der Waals surface area (Å²) in [5.41, 5.74) is 0. The van der Waals surface area contributed by atoms with E-state index in [1.54, 1.807) is 0 Å². The number of carboxylic acids is 1. The average molecular weight is 190 g/mol. The fourth-order valence-corrected chi connectivity index (χ4v) is 2.66. The summed E-state index contributed by atoms with van der Waals surface area (Å²) in [6.07, 6.45) is 1.34. The van der Waals surface area contributed by atoms with Crippen molar-refractivity contribution in [2.45, 2.75) is 18.9 Å². The van der Waals surface area contributed by atoms with E-state index in [1.165, 1.54) is 7.11 Å². The van der Waals surface area contributed by atoms with Crippen LogP contribution in [0.5, 0.6) is 0 Å². The molecule has 4 heteroatoms. The SMILES string of the molecule is COC(C(=O)O)C1CCSCC1. The van der Waals surface area contributed by atoms with Gasteiger partial charge >= 0.3 is 5.97 Å². The summed E-state index contributed by atoms with van der Waals surface area (Å²) in [5, 5.41) is 8.79. The van der Waals surface area contributed by atoms with Crippen LogP contribution in [0.15, 0.2) is 0 Å². The quantitative estimate of drug-likeness (QED) is 0.727.